The van der Waals surface area contributed by atoms with Crippen LogP contribution in [-0.2, 0) is 4.79 Å². The highest BCUT2D eigenvalue weighted by Crippen LogP contribution is 2.33. The van der Waals surface area contributed by atoms with Crippen LogP contribution in [0.15, 0.2) is 24.3 Å². The quantitative estimate of drug-likeness (QED) is 0.824. The van der Waals surface area contributed by atoms with Crippen LogP contribution in [0.5, 0.6) is 0 Å². The van der Waals surface area contributed by atoms with Gasteiger partial charge in [0, 0.05) is 0 Å². The van der Waals surface area contributed by atoms with Crippen LogP contribution in [-0.4, -0.2) is 11.4 Å². The molecule has 0 spiro atoms. The first-order valence-corrected chi connectivity index (χ1v) is 6.86. The number of carbonyl (C=O) groups excluding carboxylic acids is 1. The van der Waals surface area contributed by atoms with Crippen LogP contribution >= 0.6 is 0 Å². The summed E-state index contributed by atoms with van der Waals surface area (Å²) >= 11 is 0. The molecule has 2 unspecified atom stereocenters. The molecule has 1 fully saturated rings. The first kappa shape index (κ1) is 13.8. The number of anilines is 1. The fraction of sp³-hybridized carbons (Fsp3) is 0.533. The molecule has 0 aliphatic heterocycles. The Kier molecular flexibility index (Phi) is 4.08. The highest BCUT2D eigenvalue weighted by atomic mass is 19.1. The maximum atomic E-state index is 13.7. The lowest BCUT2D eigenvalue weighted by atomic mass is 9.88. The lowest BCUT2D eigenvalue weighted by Crippen LogP contribution is -2.50. The first-order chi connectivity index (χ1) is 9.03. The van der Waals surface area contributed by atoms with Crippen LogP contribution in [0.25, 0.3) is 0 Å². The summed E-state index contributed by atoms with van der Waals surface area (Å²) in [5.41, 5.74) is 5.14. The lowest BCUT2D eigenvalue weighted by Gasteiger charge is -2.32. The largest absolute Gasteiger partial charge is 0.369 e. The molecule has 19 heavy (non-hydrogen) atoms. The van der Waals surface area contributed by atoms with Crippen molar-refractivity contribution < 1.29 is 9.18 Å². The lowest BCUT2D eigenvalue weighted by molar-refractivity contribution is -0.122. The SMILES string of the molecule is CC1CCCC(Nc2ccccc2F)(C(N)=O)CC1. The van der Waals surface area contributed by atoms with Gasteiger partial charge in [0.1, 0.15) is 11.4 Å². The number of primary amides is 1. The Morgan fingerprint density at radius 2 is 2.11 bits per heavy atom. The molecule has 0 heterocycles. The summed E-state index contributed by atoms with van der Waals surface area (Å²) in [4.78, 5) is 11.9. The monoisotopic (exact) mass is 264 g/mol. The molecule has 1 aromatic carbocycles. The second-order valence-electron chi connectivity index (χ2n) is 5.59. The van der Waals surface area contributed by atoms with E-state index in [4.69, 9.17) is 5.73 Å². The Labute approximate surface area is 113 Å². The van der Waals surface area contributed by atoms with Gasteiger partial charge in [-0.1, -0.05) is 31.9 Å². The third-order valence-corrected chi connectivity index (χ3v) is 4.08. The fourth-order valence-corrected chi connectivity index (χ4v) is 2.77. The molecule has 3 nitrogen and oxygen atoms in total. The second kappa shape index (κ2) is 5.59. The minimum atomic E-state index is -0.813. The van der Waals surface area contributed by atoms with E-state index in [1.54, 1.807) is 18.2 Å². The number of hydrogen-bond acceptors (Lipinski definition) is 2. The summed E-state index contributed by atoms with van der Waals surface area (Å²) in [5, 5.41) is 3.07. The topological polar surface area (TPSA) is 55.1 Å². The highest BCUT2D eigenvalue weighted by molar-refractivity contribution is 5.88. The summed E-state index contributed by atoms with van der Waals surface area (Å²) in [5.74, 6) is -0.145. The van der Waals surface area contributed by atoms with Crippen molar-refractivity contribution in [2.45, 2.75) is 44.6 Å². The predicted molar refractivity (Wildman–Crippen MR) is 74.2 cm³/mol. The van der Waals surface area contributed by atoms with E-state index < -0.39 is 5.54 Å². The Hall–Kier alpha value is -1.58. The molecule has 1 aliphatic carbocycles. The van der Waals surface area contributed by atoms with Gasteiger partial charge >= 0.3 is 0 Å². The summed E-state index contributed by atoms with van der Waals surface area (Å²) in [6.07, 6.45) is 4.29. The molecule has 0 aromatic heterocycles. The Morgan fingerprint density at radius 3 is 2.79 bits per heavy atom. The summed E-state index contributed by atoms with van der Waals surface area (Å²) in [6, 6.07) is 6.41. The molecule has 0 saturated heterocycles. The van der Waals surface area contributed by atoms with Gasteiger partial charge in [-0.15, -0.1) is 0 Å². The smallest absolute Gasteiger partial charge is 0.243 e. The second-order valence-corrected chi connectivity index (χ2v) is 5.59. The van der Waals surface area contributed by atoms with Crippen molar-refractivity contribution in [3.05, 3.63) is 30.1 Å². The third kappa shape index (κ3) is 3.06. The van der Waals surface area contributed by atoms with Crippen molar-refractivity contribution in [1.82, 2.24) is 0 Å². The van der Waals surface area contributed by atoms with E-state index in [0.717, 1.165) is 19.3 Å². The van der Waals surface area contributed by atoms with E-state index in [0.29, 0.717) is 24.4 Å². The van der Waals surface area contributed by atoms with E-state index in [9.17, 15) is 9.18 Å². The van der Waals surface area contributed by atoms with Crippen molar-refractivity contribution in [2.75, 3.05) is 5.32 Å². The number of nitrogens with two attached hydrogens (primary N) is 1. The molecule has 2 rings (SSSR count). The van der Waals surface area contributed by atoms with E-state index in [2.05, 4.69) is 12.2 Å². The van der Waals surface area contributed by atoms with E-state index in [-0.39, 0.29) is 11.7 Å². The number of amides is 1. The van der Waals surface area contributed by atoms with Crippen LogP contribution in [0.1, 0.15) is 39.0 Å². The molecule has 1 aliphatic rings. The van der Waals surface area contributed by atoms with Crippen molar-refractivity contribution in [3.63, 3.8) is 0 Å². The normalized spacial score (nSPS) is 27.6. The molecule has 4 heteroatoms. The summed E-state index contributed by atoms with van der Waals surface area (Å²) in [6.45, 7) is 2.18. The Bertz CT molecular complexity index is 463. The van der Waals surface area contributed by atoms with Gasteiger partial charge in [-0.2, -0.15) is 0 Å². The van der Waals surface area contributed by atoms with Crippen molar-refractivity contribution in [2.24, 2.45) is 11.7 Å². The average molecular weight is 264 g/mol. The fourth-order valence-electron chi connectivity index (χ4n) is 2.77. The predicted octanol–water partition coefficient (Wildman–Crippen LogP) is 3.06. The van der Waals surface area contributed by atoms with Crippen molar-refractivity contribution >= 4 is 11.6 Å². The first-order valence-electron chi connectivity index (χ1n) is 6.86. The number of carbonyl (C=O) groups is 1. The standard InChI is InChI=1S/C15H21FN2O/c1-11-5-4-9-15(10-8-11,14(17)19)18-13-7-3-2-6-12(13)16/h2-3,6-7,11,18H,4-5,8-10H2,1H3,(H2,17,19). The molecule has 3 N–H and O–H groups in total. The number of benzene rings is 1. The Morgan fingerprint density at radius 1 is 1.37 bits per heavy atom. The zero-order valence-corrected chi connectivity index (χ0v) is 11.3. The van der Waals surface area contributed by atoms with Crippen LogP contribution in [0.4, 0.5) is 10.1 Å². The zero-order valence-electron chi connectivity index (χ0n) is 11.3. The van der Waals surface area contributed by atoms with Crippen LogP contribution in [0.2, 0.25) is 0 Å². The molecular weight excluding hydrogens is 243 g/mol. The van der Waals surface area contributed by atoms with Gasteiger partial charge in [-0.05, 0) is 37.3 Å². The van der Waals surface area contributed by atoms with Crippen molar-refractivity contribution in [1.29, 1.82) is 0 Å². The van der Waals surface area contributed by atoms with E-state index in [1.165, 1.54) is 6.07 Å². The molecule has 104 valence electrons. The average Bonchev–Trinajstić information content (AvgIpc) is 2.56. The van der Waals surface area contributed by atoms with Gasteiger partial charge in [-0.3, -0.25) is 4.79 Å². The summed E-state index contributed by atoms with van der Waals surface area (Å²) in [7, 11) is 0. The third-order valence-electron chi connectivity index (χ3n) is 4.08. The number of hydrogen-bond donors (Lipinski definition) is 2. The zero-order chi connectivity index (χ0) is 13.9. The number of para-hydroxylation sites is 1. The van der Waals surface area contributed by atoms with Crippen LogP contribution in [0, 0.1) is 11.7 Å². The molecule has 1 saturated carbocycles. The molecule has 2 atom stereocenters. The maximum Gasteiger partial charge on any atom is 0.243 e. The highest BCUT2D eigenvalue weighted by Gasteiger charge is 2.38. The van der Waals surface area contributed by atoms with E-state index in [1.807, 2.05) is 0 Å². The van der Waals surface area contributed by atoms with Gasteiger partial charge < -0.3 is 11.1 Å². The number of nitrogens with one attached hydrogen (secondary N) is 1. The van der Waals surface area contributed by atoms with Gasteiger partial charge in [0.25, 0.3) is 0 Å². The van der Waals surface area contributed by atoms with Crippen molar-refractivity contribution in [3.8, 4) is 0 Å². The molecular formula is C15H21FN2O. The van der Waals surface area contributed by atoms with Crippen LogP contribution < -0.4 is 11.1 Å². The summed E-state index contributed by atoms with van der Waals surface area (Å²) < 4.78 is 13.7. The van der Waals surface area contributed by atoms with Gasteiger partial charge in [0.05, 0.1) is 5.69 Å². The minimum Gasteiger partial charge on any atom is -0.369 e. The van der Waals surface area contributed by atoms with Crippen LogP contribution in [0.3, 0.4) is 0 Å². The van der Waals surface area contributed by atoms with Gasteiger partial charge in [0.15, 0.2) is 0 Å². The van der Waals surface area contributed by atoms with Gasteiger partial charge in [-0.25, -0.2) is 4.39 Å². The molecule has 1 amide bonds. The Balaban J connectivity index is 2.25. The minimum absolute atomic E-state index is 0.347. The number of rotatable bonds is 3. The van der Waals surface area contributed by atoms with E-state index >= 15 is 0 Å². The molecule has 0 bridgehead atoms. The maximum absolute atomic E-state index is 13.7. The van der Waals surface area contributed by atoms with Gasteiger partial charge in [0.2, 0.25) is 5.91 Å². The molecule has 0 radical (unpaired) electrons. The molecule has 1 aromatic rings. The number of halogens is 1.